The van der Waals surface area contributed by atoms with Crippen molar-refractivity contribution in [1.29, 1.82) is 0 Å². The Balaban J connectivity index is 1.36. The summed E-state index contributed by atoms with van der Waals surface area (Å²) in [4.78, 5) is 29.9. The SMILES string of the molecule is COc1ccc([C@H](Cc2c(Cl)c[n+](O)cc2Cl)c2cc(CCN(C(=O)O[C@H]3CN4CCC3CC4)c3ccccc3F)ccc2C(=O)[O-])cc1OC. The number of methoxy groups -OCH3 is 2. The van der Waals surface area contributed by atoms with Gasteiger partial charge in [-0.15, -0.1) is 0 Å². The number of halogens is 3. The first kappa shape index (κ1) is 36.2. The van der Waals surface area contributed by atoms with Crippen LogP contribution in [-0.2, 0) is 17.6 Å². The highest BCUT2D eigenvalue weighted by Crippen LogP contribution is 2.39. The molecule has 51 heavy (non-hydrogen) atoms. The molecule has 3 saturated heterocycles. The molecule has 0 spiro atoms. The quantitative estimate of drug-likeness (QED) is 0.146. The maximum absolute atomic E-state index is 15.2. The normalized spacial score (nSPS) is 18.6. The molecule has 7 rings (SSSR count). The monoisotopic (exact) mass is 737 g/mol. The first-order valence-corrected chi connectivity index (χ1v) is 17.4. The van der Waals surface area contributed by atoms with Gasteiger partial charge in [-0.2, -0.15) is 0 Å². The molecule has 1 amide bonds. The fourth-order valence-corrected chi connectivity index (χ4v) is 7.72. The number of carbonyl (C=O) groups is 2. The maximum atomic E-state index is 15.2. The maximum Gasteiger partial charge on any atom is 0.414 e. The summed E-state index contributed by atoms with van der Waals surface area (Å²) in [6.45, 7) is 2.67. The summed E-state index contributed by atoms with van der Waals surface area (Å²) in [6.07, 6.45) is 3.93. The Morgan fingerprint density at radius 3 is 2.35 bits per heavy atom. The number of amides is 1. The molecule has 4 aromatic rings. The number of fused-ring (bicyclic) bond motifs is 3. The lowest BCUT2D eigenvalue weighted by molar-refractivity contribution is -0.904. The van der Waals surface area contributed by atoms with Crippen LogP contribution in [0.3, 0.4) is 0 Å². The first-order valence-electron chi connectivity index (χ1n) is 16.7. The molecular formula is C38H38Cl2FN3O7. The van der Waals surface area contributed by atoms with Crippen LogP contribution in [0.25, 0.3) is 0 Å². The zero-order valence-corrected chi connectivity index (χ0v) is 29.7. The first-order chi connectivity index (χ1) is 24.6. The van der Waals surface area contributed by atoms with Crippen molar-refractivity contribution in [2.24, 2.45) is 5.92 Å². The number of nitrogens with zero attached hydrogens (tertiary/aromatic N) is 3. The number of benzene rings is 3. The fourth-order valence-electron chi connectivity index (χ4n) is 7.12. The largest absolute Gasteiger partial charge is 0.545 e. The van der Waals surface area contributed by atoms with Crippen LogP contribution < -0.4 is 24.2 Å². The smallest absolute Gasteiger partial charge is 0.414 e. The molecule has 2 atom stereocenters. The van der Waals surface area contributed by atoms with Crippen LogP contribution in [0.2, 0.25) is 10.0 Å². The van der Waals surface area contributed by atoms with Crippen molar-refractivity contribution in [3.8, 4) is 11.5 Å². The second-order valence-electron chi connectivity index (χ2n) is 12.8. The highest BCUT2D eigenvalue weighted by atomic mass is 35.5. The predicted octanol–water partition coefficient (Wildman–Crippen LogP) is 5.69. The molecule has 0 saturated carbocycles. The van der Waals surface area contributed by atoms with Gasteiger partial charge in [0, 0.05) is 34.9 Å². The number of anilines is 1. The van der Waals surface area contributed by atoms with Crippen LogP contribution in [0, 0.1) is 11.7 Å². The van der Waals surface area contributed by atoms with Crippen LogP contribution in [-0.4, -0.2) is 68.7 Å². The fraction of sp³-hybridized carbons (Fsp3) is 0.342. The summed E-state index contributed by atoms with van der Waals surface area (Å²) < 4.78 is 32.9. The van der Waals surface area contributed by atoms with Crippen molar-refractivity contribution in [2.45, 2.75) is 37.7 Å². The molecule has 3 aromatic carbocycles. The number of rotatable bonds is 12. The van der Waals surface area contributed by atoms with Gasteiger partial charge >= 0.3 is 6.09 Å². The predicted molar refractivity (Wildman–Crippen MR) is 187 cm³/mol. The third-order valence-electron chi connectivity index (χ3n) is 9.83. The number of carboxylic acid groups (broad SMARTS) is 1. The number of carbonyl (C=O) groups excluding carboxylic acids is 2. The van der Waals surface area contributed by atoms with Gasteiger partial charge < -0.3 is 24.1 Å². The molecule has 13 heteroatoms. The third-order valence-corrected chi connectivity index (χ3v) is 10.5. The van der Waals surface area contributed by atoms with Gasteiger partial charge in [-0.1, -0.05) is 59.6 Å². The number of aromatic nitrogens is 1. The zero-order chi connectivity index (χ0) is 36.2. The van der Waals surface area contributed by atoms with Crippen molar-refractivity contribution in [3.63, 3.8) is 0 Å². The number of carboxylic acids is 1. The number of piperidine rings is 3. The van der Waals surface area contributed by atoms with E-state index in [2.05, 4.69) is 4.90 Å². The Morgan fingerprint density at radius 2 is 1.73 bits per heavy atom. The van der Waals surface area contributed by atoms with E-state index in [9.17, 15) is 19.9 Å². The minimum absolute atomic E-state index is 0.0544. The average Bonchev–Trinajstić information content (AvgIpc) is 3.12. The summed E-state index contributed by atoms with van der Waals surface area (Å²) in [5.74, 6) is -1.45. The molecular weight excluding hydrogens is 700 g/mol. The Kier molecular flexibility index (Phi) is 11.2. The summed E-state index contributed by atoms with van der Waals surface area (Å²) >= 11 is 13.1. The van der Waals surface area contributed by atoms with E-state index in [0.29, 0.717) is 40.3 Å². The van der Waals surface area contributed by atoms with E-state index in [1.165, 1.54) is 49.7 Å². The minimum Gasteiger partial charge on any atom is -0.545 e. The molecule has 1 N–H and O–H groups in total. The number of ether oxygens (including phenoxy) is 3. The van der Waals surface area contributed by atoms with E-state index in [1.54, 1.807) is 42.5 Å². The van der Waals surface area contributed by atoms with Crippen molar-refractivity contribution in [2.75, 3.05) is 45.3 Å². The molecule has 3 fully saturated rings. The highest BCUT2D eigenvalue weighted by molar-refractivity contribution is 6.35. The van der Waals surface area contributed by atoms with E-state index >= 15 is 4.39 Å². The lowest BCUT2D eigenvalue weighted by atomic mass is 9.82. The molecule has 0 unspecified atom stereocenters. The average molecular weight is 739 g/mol. The standard InChI is InChI=1S/C38H38Cl2FN3O7/c1-49-34-10-8-25(18-35(34)50-2)27(19-29-30(39)20-43(48)21-31(29)40)28-17-23(7-9-26(28)37(45)46)11-16-44(33-6-4-3-5-32(33)41)38(47)51-36-22-42-14-12-24(36)13-15-42/h3-10,17-18,20-21,24,27,36H,11-16,19,22H2,1-2H3,(H-,45,46,48)/t27-,36-/m0/s1. The van der Waals surface area contributed by atoms with Gasteiger partial charge in [-0.05, 0) is 85.6 Å². The Hall–Kier alpha value is -4.58. The van der Waals surface area contributed by atoms with Crippen LogP contribution in [0.15, 0.2) is 73.1 Å². The lowest BCUT2D eigenvalue weighted by Crippen LogP contribution is -2.53. The van der Waals surface area contributed by atoms with Gasteiger partial charge in [0.2, 0.25) is 12.4 Å². The third kappa shape index (κ3) is 8.01. The van der Waals surface area contributed by atoms with Gasteiger partial charge in [0.15, 0.2) is 11.5 Å². The van der Waals surface area contributed by atoms with Gasteiger partial charge in [-0.3, -0.25) is 15.0 Å². The summed E-state index contributed by atoms with van der Waals surface area (Å²) in [6, 6.07) is 16.1. The zero-order valence-electron chi connectivity index (χ0n) is 28.2. The van der Waals surface area contributed by atoms with E-state index in [4.69, 9.17) is 37.4 Å². The lowest BCUT2D eigenvalue weighted by Gasteiger charge is -2.44. The molecule has 4 heterocycles. The second kappa shape index (κ2) is 15.8. The highest BCUT2D eigenvalue weighted by Gasteiger charge is 2.37. The van der Waals surface area contributed by atoms with Crippen molar-refractivity contribution < 1.29 is 43.2 Å². The molecule has 3 aliphatic rings. The number of para-hydroxylation sites is 1. The molecule has 2 bridgehead atoms. The number of pyridine rings is 1. The van der Waals surface area contributed by atoms with E-state index in [1.807, 2.05) is 0 Å². The topological polar surface area (TPSA) is 115 Å². The molecule has 10 nitrogen and oxygen atoms in total. The van der Waals surface area contributed by atoms with Crippen LogP contribution in [0.4, 0.5) is 14.9 Å². The number of hydrogen-bond acceptors (Lipinski definition) is 8. The molecule has 268 valence electrons. The Labute approximate surface area is 305 Å². The Morgan fingerprint density at radius 1 is 1.02 bits per heavy atom. The molecule has 0 radical (unpaired) electrons. The van der Waals surface area contributed by atoms with Crippen molar-refractivity contribution >= 4 is 41.0 Å². The molecule has 3 aliphatic heterocycles. The van der Waals surface area contributed by atoms with Crippen LogP contribution >= 0.6 is 23.2 Å². The van der Waals surface area contributed by atoms with Gasteiger partial charge in [0.05, 0.1) is 25.9 Å². The van der Waals surface area contributed by atoms with E-state index < -0.39 is 23.8 Å². The molecule has 0 aliphatic carbocycles. The summed E-state index contributed by atoms with van der Waals surface area (Å²) in [5, 5.41) is 22.9. The van der Waals surface area contributed by atoms with Crippen LogP contribution in [0.1, 0.15) is 51.4 Å². The second-order valence-corrected chi connectivity index (χ2v) is 13.6. The van der Waals surface area contributed by atoms with E-state index in [-0.39, 0.29) is 52.7 Å². The number of aromatic carboxylic acids is 1. The van der Waals surface area contributed by atoms with Crippen LogP contribution in [0.5, 0.6) is 11.5 Å². The summed E-state index contributed by atoms with van der Waals surface area (Å²) in [5.41, 5.74) is 2.23. The summed E-state index contributed by atoms with van der Waals surface area (Å²) in [7, 11) is 3.01. The number of hydrogen-bond donors (Lipinski definition) is 1. The van der Waals surface area contributed by atoms with Gasteiger partial charge in [0.1, 0.15) is 22.0 Å². The molecule has 1 aromatic heterocycles. The van der Waals surface area contributed by atoms with Crippen molar-refractivity contribution in [1.82, 2.24) is 4.90 Å². The van der Waals surface area contributed by atoms with Gasteiger partial charge in [-0.25, -0.2) is 9.18 Å². The van der Waals surface area contributed by atoms with Gasteiger partial charge in [0.25, 0.3) is 0 Å². The van der Waals surface area contributed by atoms with E-state index in [0.717, 1.165) is 30.7 Å². The van der Waals surface area contributed by atoms with Crippen molar-refractivity contribution in [3.05, 3.63) is 117 Å². The minimum atomic E-state index is -1.39. The Bertz CT molecular complexity index is 1900.